The SMILES string of the molecule is CC.O=C1OCC23CC4CC(CC42)C13. The number of cyclic esters (lactones) is 1. The van der Waals surface area contributed by atoms with Gasteiger partial charge in [-0.1, -0.05) is 13.8 Å². The third kappa shape index (κ3) is 0.697. The molecule has 4 aliphatic rings. The smallest absolute Gasteiger partial charge is 0.309 e. The number of hydrogen-bond acceptors (Lipinski definition) is 2. The Kier molecular flexibility index (Phi) is 1.58. The van der Waals surface area contributed by atoms with Crippen LogP contribution in [0.3, 0.4) is 0 Å². The van der Waals surface area contributed by atoms with E-state index in [2.05, 4.69) is 0 Å². The van der Waals surface area contributed by atoms with Crippen LogP contribution in [0.1, 0.15) is 33.1 Å². The summed E-state index contributed by atoms with van der Waals surface area (Å²) in [6, 6.07) is 0. The number of ether oxygens (including phenoxy) is 1. The highest BCUT2D eigenvalue weighted by molar-refractivity contribution is 5.77. The number of fused-ring (bicyclic) bond motifs is 2. The van der Waals surface area contributed by atoms with Crippen molar-refractivity contribution in [2.75, 3.05) is 6.61 Å². The average molecular weight is 194 g/mol. The van der Waals surface area contributed by atoms with Gasteiger partial charge in [0.2, 0.25) is 0 Å². The van der Waals surface area contributed by atoms with Crippen molar-refractivity contribution < 1.29 is 9.53 Å². The van der Waals surface area contributed by atoms with Gasteiger partial charge in [-0.25, -0.2) is 0 Å². The summed E-state index contributed by atoms with van der Waals surface area (Å²) in [6.07, 6.45) is 3.96. The van der Waals surface area contributed by atoms with Gasteiger partial charge in [0.25, 0.3) is 0 Å². The maximum absolute atomic E-state index is 11.5. The Labute approximate surface area is 85.0 Å². The van der Waals surface area contributed by atoms with Crippen LogP contribution in [0, 0.1) is 29.1 Å². The van der Waals surface area contributed by atoms with E-state index >= 15 is 0 Å². The lowest BCUT2D eigenvalue weighted by Crippen LogP contribution is -2.51. The molecule has 0 aromatic carbocycles. The van der Waals surface area contributed by atoms with Crippen LogP contribution in [-0.2, 0) is 9.53 Å². The topological polar surface area (TPSA) is 26.3 Å². The molecule has 2 bridgehead atoms. The molecule has 1 spiro atoms. The first-order chi connectivity index (χ1) is 6.81. The Hall–Kier alpha value is -0.530. The van der Waals surface area contributed by atoms with E-state index in [4.69, 9.17) is 4.74 Å². The zero-order valence-electron chi connectivity index (χ0n) is 8.95. The van der Waals surface area contributed by atoms with Gasteiger partial charge in [-0.05, 0) is 37.0 Å². The molecule has 2 heteroatoms. The molecular weight excluding hydrogens is 176 g/mol. The number of esters is 1. The van der Waals surface area contributed by atoms with E-state index in [1.807, 2.05) is 13.8 Å². The zero-order valence-corrected chi connectivity index (χ0v) is 8.95. The van der Waals surface area contributed by atoms with Crippen molar-refractivity contribution in [1.82, 2.24) is 0 Å². The maximum atomic E-state index is 11.5. The van der Waals surface area contributed by atoms with Crippen LogP contribution >= 0.6 is 0 Å². The van der Waals surface area contributed by atoms with Crippen molar-refractivity contribution >= 4 is 5.97 Å². The first-order valence-electron chi connectivity index (χ1n) is 5.98. The summed E-state index contributed by atoms with van der Waals surface area (Å²) < 4.78 is 5.20. The van der Waals surface area contributed by atoms with E-state index in [1.54, 1.807) is 0 Å². The van der Waals surface area contributed by atoms with Crippen molar-refractivity contribution in [3.8, 4) is 0 Å². The lowest BCUT2D eigenvalue weighted by atomic mass is 9.50. The van der Waals surface area contributed by atoms with Crippen LogP contribution in [-0.4, -0.2) is 12.6 Å². The van der Waals surface area contributed by atoms with Crippen molar-refractivity contribution in [3.63, 3.8) is 0 Å². The number of carbonyl (C=O) groups is 1. The molecule has 5 atom stereocenters. The predicted octanol–water partition coefficient (Wildman–Crippen LogP) is 2.23. The minimum Gasteiger partial charge on any atom is -0.465 e. The second-order valence-electron chi connectivity index (χ2n) is 5.12. The fraction of sp³-hybridized carbons (Fsp3) is 0.917. The Bertz CT molecular complexity index is 286. The summed E-state index contributed by atoms with van der Waals surface area (Å²) in [5, 5.41) is 0. The number of rotatable bonds is 0. The van der Waals surface area contributed by atoms with E-state index in [1.165, 1.54) is 19.3 Å². The highest BCUT2D eigenvalue weighted by atomic mass is 16.5. The molecule has 3 saturated carbocycles. The number of hydrogen-bond donors (Lipinski definition) is 0. The van der Waals surface area contributed by atoms with Crippen molar-refractivity contribution in [3.05, 3.63) is 0 Å². The molecule has 1 heterocycles. The van der Waals surface area contributed by atoms with Gasteiger partial charge in [0.1, 0.15) is 0 Å². The Balaban J connectivity index is 0.000000303. The summed E-state index contributed by atoms with van der Waals surface area (Å²) in [4.78, 5) is 11.5. The van der Waals surface area contributed by atoms with Gasteiger partial charge in [-0.15, -0.1) is 0 Å². The lowest BCUT2D eigenvalue weighted by molar-refractivity contribution is -0.143. The standard InChI is InChI=1S/C10H12O2.C2H6/c11-9-8-5-1-6-3-10(8,4-12-9)7(6)2-5;1-2/h5-8H,1-4H2;1-2H3. The van der Waals surface area contributed by atoms with E-state index < -0.39 is 0 Å². The molecule has 0 aromatic heterocycles. The first kappa shape index (κ1) is 8.75. The van der Waals surface area contributed by atoms with Gasteiger partial charge in [-0.3, -0.25) is 4.79 Å². The summed E-state index contributed by atoms with van der Waals surface area (Å²) >= 11 is 0. The van der Waals surface area contributed by atoms with Crippen LogP contribution in [0.25, 0.3) is 0 Å². The summed E-state index contributed by atoms with van der Waals surface area (Å²) in [6.45, 7) is 4.76. The fourth-order valence-electron chi connectivity index (χ4n) is 4.65. The normalized spacial score (nSPS) is 55.7. The highest BCUT2D eigenvalue weighted by Crippen LogP contribution is 2.75. The largest absolute Gasteiger partial charge is 0.465 e. The maximum Gasteiger partial charge on any atom is 0.309 e. The molecule has 78 valence electrons. The zero-order chi connectivity index (χ0) is 9.92. The molecule has 5 unspecified atom stereocenters. The molecule has 0 aromatic rings. The quantitative estimate of drug-likeness (QED) is 0.553. The van der Waals surface area contributed by atoms with Gasteiger partial charge in [-0.2, -0.15) is 0 Å². The van der Waals surface area contributed by atoms with Crippen molar-refractivity contribution in [2.24, 2.45) is 29.1 Å². The Morgan fingerprint density at radius 1 is 1.29 bits per heavy atom. The fourth-order valence-corrected chi connectivity index (χ4v) is 4.65. The molecule has 0 radical (unpaired) electrons. The van der Waals surface area contributed by atoms with Gasteiger partial charge in [0.05, 0.1) is 12.5 Å². The molecule has 4 rings (SSSR count). The minimum atomic E-state index is 0.126. The van der Waals surface area contributed by atoms with Gasteiger partial charge < -0.3 is 4.74 Å². The Morgan fingerprint density at radius 3 is 2.79 bits per heavy atom. The third-order valence-corrected chi connectivity index (χ3v) is 4.94. The van der Waals surface area contributed by atoms with Crippen LogP contribution in [0.4, 0.5) is 0 Å². The molecule has 0 N–H and O–H groups in total. The predicted molar refractivity (Wildman–Crippen MR) is 52.6 cm³/mol. The highest BCUT2D eigenvalue weighted by Gasteiger charge is 2.74. The summed E-state index contributed by atoms with van der Waals surface area (Å²) in [5.74, 6) is 3.01. The monoisotopic (exact) mass is 194 g/mol. The molecular formula is C12H18O2. The first-order valence-corrected chi connectivity index (χ1v) is 5.98. The Morgan fingerprint density at radius 2 is 2.07 bits per heavy atom. The van der Waals surface area contributed by atoms with Crippen LogP contribution in [0.5, 0.6) is 0 Å². The third-order valence-electron chi connectivity index (χ3n) is 4.94. The van der Waals surface area contributed by atoms with Crippen molar-refractivity contribution in [1.29, 1.82) is 0 Å². The van der Waals surface area contributed by atoms with E-state index in [0.29, 0.717) is 17.3 Å². The average Bonchev–Trinajstić information content (AvgIpc) is 2.80. The minimum absolute atomic E-state index is 0.126. The summed E-state index contributed by atoms with van der Waals surface area (Å²) in [7, 11) is 0. The molecule has 3 aliphatic carbocycles. The molecule has 1 saturated heterocycles. The second kappa shape index (κ2) is 2.53. The molecule has 1 aliphatic heterocycles. The van der Waals surface area contributed by atoms with Crippen LogP contribution < -0.4 is 0 Å². The molecule has 4 fully saturated rings. The van der Waals surface area contributed by atoms with Gasteiger partial charge in [0.15, 0.2) is 0 Å². The van der Waals surface area contributed by atoms with Gasteiger partial charge in [0, 0.05) is 5.41 Å². The molecule has 14 heavy (non-hydrogen) atoms. The summed E-state index contributed by atoms with van der Waals surface area (Å²) in [5.41, 5.74) is 0.366. The van der Waals surface area contributed by atoms with Crippen LogP contribution in [0.2, 0.25) is 0 Å². The second-order valence-corrected chi connectivity index (χ2v) is 5.12. The lowest BCUT2D eigenvalue weighted by Gasteiger charge is -2.52. The number of carbonyl (C=O) groups excluding carboxylic acids is 1. The van der Waals surface area contributed by atoms with Gasteiger partial charge >= 0.3 is 5.97 Å². The van der Waals surface area contributed by atoms with E-state index in [9.17, 15) is 4.79 Å². The van der Waals surface area contributed by atoms with E-state index in [0.717, 1.165) is 18.4 Å². The van der Waals surface area contributed by atoms with Crippen molar-refractivity contribution in [2.45, 2.75) is 33.1 Å². The van der Waals surface area contributed by atoms with Crippen LogP contribution in [0.15, 0.2) is 0 Å². The molecule has 2 nitrogen and oxygen atoms in total. The van der Waals surface area contributed by atoms with E-state index in [-0.39, 0.29) is 5.97 Å². The molecule has 0 amide bonds.